The van der Waals surface area contributed by atoms with E-state index in [-0.39, 0.29) is 5.91 Å². The molecule has 1 amide bonds. The molecule has 0 aliphatic carbocycles. The molecule has 0 atom stereocenters. The number of aromatic nitrogens is 2. The third kappa shape index (κ3) is 4.44. The van der Waals surface area contributed by atoms with Gasteiger partial charge >= 0.3 is 0 Å². The monoisotopic (exact) mass is 403 g/mol. The summed E-state index contributed by atoms with van der Waals surface area (Å²) in [6.07, 6.45) is 2.35. The summed E-state index contributed by atoms with van der Waals surface area (Å²) in [5.74, 6) is 0.819. The van der Waals surface area contributed by atoms with Crippen LogP contribution in [0.15, 0.2) is 54.6 Å². The number of amides is 1. The molecule has 4 rings (SSSR count). The summed E-state index contributed by atoms with van der Waals surface area (Å²) in [6, 6.07) is 18.1. The number of carbonyl (C=O) groups is 1. The molecule has 1 fully saturated rings. The van der Waals surface area contributed by atoms with Crippen molar-refractivity contribution in [3.8, 4) is 0 Å². The van der Waals surface area contributed by atoms with Crippen LogP contribution in [0.5, 0.6) is 0 Å². The van der Waals surface area contributed by atoms with Gasteiger partial charge in [0.05, 0.1) is 0 Å². The summed E-state index contributed by atoms with van der Waals surface area (Å²) in [6.45, 7) is 3.96. The Labute approximate surface area is 178 Å². The lowest BCUT2D eigenvalue weighted by atomic mass is 10.1. The fourth-order valence-electron chi connectivity index (χ4n) is 3.94. The topological polar surface area (TPSA) is 52.6 Å². The maximum Gasteiger partial charge on any atom is 0.275 e. The van der Waals surface area contributed by atoms with Gasteiger partial charge in [0.15, 0.2) is 11.5 Å². The van der Waals surface area contributed by atoms with Crippen molar-refractivity contribution in [2.24, 2.45) is 0 Å². The van der Waals surface area contributed by atoms with Crippen LogP contribution in [0.1, 0.15) is 28.9 Å². The minimum absolute atomic E-state index is 0.0719. The molecule has 30 heavy (non-hydrogen) atoms. The van der Waals surface area contributed by atoms with Crippen molar-refractivity contribution in [3.63, 3.8) is 0 Å². The summed E-state index contributed by atoms with van der Waals surface area (Å²) >= 11 is 0. The van der Waals surface area contributed by atoms with E-state index in [0.29, 0.717) is 18.8 Å². The number of likely N-dealkylation sites (N-methyl/N-ethyl adjacent to an activating group) is 1. The van der Waals surface area contributed by atoms with Crippen LogP contribution >= 0.6 is 0 Å². The van der Waals surface area contributed by atoms with E-state index in [4.69, 9.17) is 0 Å². The molecule has 2 heterocycles. The standard InChI is InChI=1S/C24H29N5O/c1-27(2)16-17-29(18-19-10-4-3-5-11-19)24(30)22-20-12-6-7-13-21(20)23(26-25-22)28-14-8-9-15-28/h3-7,10-13H,8-9,14-18H2,1-2H3. The largest absolute Gasteiger partial charge is 0.355 e. The van der Waals surface area contributed by atoms with Gasteiger partial charge < -0.3 is 14.7 Å². The first-order valence-corrected chi connectivity index (χ1v) is 10.6. The van der Waals surface area contributed by atoms with Crippen LogP contribution in [0.2, 0.25) is 0 Å². The van der Waals surface area contributed by atoms with Gasteiger partial charge in [-0.1, -0.05) is 54.6 Å². The van der Waals surface area contributed by atoms with Gasteiger partial charge in [-0.25, -0.2) is 0 Å². The van der Waals surface area contributed by atoms with E-state index in [1.807, 2.05) is 55.4 Å². The summed E-state index contributed by atoms with van der Waals surface area (Å²) in [5, 5.41) is 10.8. The minimum Gasteiger partial charge on any atom is -0.355 e. The van der Waals surface area contributed by atoms with Gasteiger partial charge in [0.2, 0.25) is 0 Å². The van der Waals surface area contributed by atoms with Crippen molar-refractivity contribution < 1.29 is 4.79 Å². The summed E-state index contributed by atoms with van der Waals surface area (Å²) in [5.41, 5.74) is 1.54. The van der Waals surface area contributed by atoms with Gasteiger partial charge in [0.25, 0.3) is 5.91 Å². The molecule has 3 aromatic rings. The van der Waals surface area contributed by atoms with Gasteiger partial charge in [-0.3, -0.25) is 4.79 Å². The molecule has 0 saturated carbocycles. The number of benzene rings is 2. The zero-order chi connectivity index (χ0) is 20.9. The van der Waals surface area contributed by atoms with E-state index in [1.165, 1.54) is 12.8 Å². The number of hydrogen-bond acceptors (Lipinski definition) is 5. The van der Waals surface area contributed by atoms with E-state index in [2.05, 4.69) is 38.2 Å². The maximum absolute atomic E-state index is 13.6. The van der Waals surface area contributed by atoms with E-state index < -0.39 is 0 Å². The lowest BCUT2D eigenvalue weighted by molar-refractivity contribution is 0.0727. The molecule has 1 aliphatic heterocycles. The highest BCUT2D eigenvalue weighted by Crippen LogP contribution is 2.28. The molecule has 0 unspecified atom stereocenters. The van der Waals surface area contributed by atoms with Crippen molar-refractivity contribution in [1.82, 2.24) is 20.0 Å². The fraction of sp³-hybridized carbons (Fsp3) is 0.375. The Hall–Kier alpha value is -2.99. The number of hydrogen-bond donors (Lipinski definition) is 0. The van der Waals surface area contributed by atoms with Gasteiger partial charge in [-0.05, 0) is 32.5 Å². The molecule has 0 spiro atoms. The Morgan fingerprint density at radius 2 is 1.57 bits per heavy atom. The predicted molar refractivity (Wildman–Crippen MR) is 121 cm³/mol. The predicted octanol–water partition coefficient (Wildman–Crippen LogP) is 3.43. The molecule has 156 valence electrons. The number of anilines is 1. The molecule has 1 saturated heterocycles. The first kappa shape index (κ1) is 20.3. The first-order valence-electron chi connectivity index (χ1n) is 10.6. The Morgan fingerprint density at radius 3 is 2.27 bits per heavy atom. The second-order valence-electron chi connectivity index (χ2n) is 8.13. The van der Waals surface area contributed by atoms with Gasteiger partial charge in [-0.15, -0.1) is 10.2 Å². The minimum atomic E-state index is -0.0719. The molecule has 6 heteroatoms. The summed E-state index contributed by atoms with van der Waals surface area (Å²) in [4.78, 5) is 19.8. The van der Waals surface area contributed by atoms with Crippen LogP contribution < -0.4 is 4.90 Å². The SMILES string of the molecule is CN(C)CCN(Cc1ccccc1)C(=O)c1nnc(N2CCCC2)c2ccccc12. The smallest absolute Gasteiger partial charge is 0.275 e. The van der Waals surface area contributed by atoms with Gasteiger partial charge in [0, 0.05) is 43.5 Å². The number of rotatable bonds is 7. The maximum atomic E-state index is 13.6. The Kier molecular flexibility index (Phi) is 6.23. The molecule has 2 aromatic carbocycles. The molecule has 1 aromatic heterocycles. The Morgan fingerprint density at radius 1 is 0.900 bits per heavy atom. The van der Waals surface area contributed by atoms with Crippen molar-refractivity contribution >= 4 is 22.5 Å². The molecule has 0 radical (unpaired) electrons. The molecule has 0 N–H and O–H groups in total. The van der Waals surface area contributed by atoms with Crippen LogP contribution in [0.25, 0.3) is 10.8 Å². The molecular weight excluding hydrogens is 374 g/mol. The van der Waals surface area contributed by atoms with Crippen LogP contribution in [-0.4, -0.2) is 66.2 Å². The lowest BCUT2D eigenvalue weighted by Crippen LogP contribution is -2.37. The molecule has 6 nitrogen and oxygen atoms in total. The zero-order valence-electron chi connectivity index (χ0n) is 17.8. The van der Waals surface area contributed by atoms with E-state index in [1.54, 1.807) is 0 Å². The third-order valence-electron chi connectivity index (χ3n) is 5.60. The second kappa shape index (κ2) is 9.22. The van der Waals surface area contributed by atoms with E-state index in [0.717, 1.165) is 41.8 Å². The quantitative estimate of drug-likeness (QED) is 0.605. The van der Waals surface area contributed by atoms with Crippen molar-refractivity contribution in [2.75, 3.05) is 45.2 Å². The second-order valence-corrected chi connectivity index (χ2v) is 8.13. The van der Waals surface area contributed by atoms with Crippen molar-refractivity contribution in [1.29, 1.82) is 0 Å². The number of carbonyl (C=O) groups excluding carboxylic acids is 1. The third-order valence-corrected chi connectivity index (χ3v) is 5.60. The first-order chi connectivity index (χ1) is 14.6. The van der Waals surface area contributed by atoms with Crippen LogP contribution in [0, 0.1) is 0 Å². The average molecular weight is 404 g/mol. The van der Waals surface area contributed by atoms with Crippen LogP contribution in [-0.2, 0) is 6.54 Å². The van der Waals surface area contributed by atoms with Gasteiger partial charge in [0.1, 0.15) is 0 Å². The normalized spacial score (nSPS) is 13.9. The lowest BCUT2D eigenvalue weighted by Gasteiger charge is -2.25. The summed E-state index contributed by atoms with van der Waals surface area (Å²) < 4.78 is 0. The van der Waals surface area contributed by atoms with Crippen LogP contribution in [0.3, 0.4) is 0 Å². The summed E-state index contributed by atoms with van der Waals surface area (Å²) in [7, 11) is 4.04. The molecular formula is C24H29N5O. The highest BCUT2D eigenvalue weighted by Gasteiger charge is 2.24. The average Bonchev–Trinajstić information content (AvgIpc) is 3.30. The number of nitrogens with zero attached hydrogens (tertiary/aromatic N) is 5. The Balaban J connectivity index is 1.69. The molecule has 0 bridgehead atoms. The Bertz CT molecular complexity index is 999. The zero-order valence-corrected chi connectivity index (χ0v) is 17.8. The van der Waals surface area contributed by atoms with Gasteiger partial charge in [-0.2, -0.15) is 0 Å². The fourth-order valence-corrected chi connectivity index (χ4v) is 3.94. The number of fused-ring (bicyclic) bond motifs is 1. The van der Waals surface area contributed by atoms with E-state index >= 15 is 0 Å². The highest BCUT2D eigenvalue weighted by molar-refractivity contribution is 6.07. The van der Waals surface area contributed by atoms with Crippen molar-refractivity contribution in [3.05, 3.63) is 65.9 Å². The van der Waals surface area contributed by atoms with Crippen molar-refractivity contribution in [2.45, 2.75) is 19.4 Å². The highest BCUT2D eigenvalue weighted by atomic mass is 16.2. The van der Waals surface area contributed by atoms with Crippen LogP contribution in [0.4, 0.5) is 5.82 Å². The molecule has 1 aliphatic rings. The van der Waals surface area contributed by atoms with E-state index in [9.17, 15) is 4.79 Å².